The highest BCUT2D eigenvalue weighted by Gasteiger charge is 2.64. The molecule has 0 unspecified atom stereocenters. The Morgan fingerprint density at radius 2 is 2.25 bits per heavy atom. The monoisotopic (exact) mass is 358 g/mol. The third-order valence-electron chi connectivity index (χ3n) is 5.15. The average Bonchev–Trinajstić information content (AvgIpc) is 3.00. The zero-order valence-corrected chi connectivity index (χ0v) is 13.6. The molecule has 3 fully saturated rings. The van der Waals surface area contributed by atoms with E-state index in [4.69, 9.17) is 14.8 Å². The summed E-state index contributed by atoms with van der Waals surface area (Å²) >= 11 is 0. The van der Waals surface area contributed by atoms with Gasteiger partial charge in [-0.15, -0.1) is 4.28 Å². The summed E-state index contributed by atoms with van der Waals surface area (Å²) in [4.78, 5) is 14.1. The number of hydroxylamine groups is 2. The van der Waals surface area contributed by atoms with E-state index < -0.39 is 22.5 Å². The number of carbonyl (C=O) groups is 1. The second-order valence-electron chi connectivity index (χ2n) is 6.62. The van der Waals surface area contributed by atoms with Gasteiger partial charge in [-0.3, -0.25) is 4.55 Å². The van der Waals surface area contributed by atoms with Gasteiger partial charge in [-0.1, -0.05) is 5.16 Å². The van der Waals surface area contributed by atoms with Crippen molar-refractivity contribution in [2.24, 2.45) is 11.1 Å². The highest BCUT2D eigenvalue weighted by atomic mass is 32.3. The summed E-state index contributed by atoms with van der Waals surface area (Å²) in [7, 11) is -4.76. The third-order valence-corrected chi connectivity index (χ3v) is 5.49. The van der Waals surface area contributed by atoms with Crippen LogP contribution in [0.1, 0.15) is 36.8 Å². The van der Waals surface area contributed by atoms with Gasteiger partial charge in [0.2, 0.25) is 0 Å². The van der Waals surface area contributed by atoms with Crippen LogP contribution in [0.3, 0.4) is 0 Å². The highest BCUT2D eigenvalue weighted by Crippen LogP contribution is 2.61. The van der Waals surface area contributed by atoms with Crippen molar-refractivity contribution in [1.29, 1.82) is 0 Å². The summed E-state index contributed by atoms with van der Waals surface area (Å²) in [6.45, 7) is 0.766. The Morgan fingerprint density at radius 1 is 1.50 bits per heavy atom. The number of piperidine rings is 1. The van der Waals surface area contributed by atoms with Gasteiger partial charge >= 0.3 is 16.4 Å². The lowest BCUT2D eigenvalue weighted by Crippen LogP contribution is -2.43. The van der Waals surface area contributed by atoms with Crippen LogP contribution in [0.4, 0.5) is 4.79 Å². The minimum atomic E-state index is -4.76. The van der Waals surface area contributed by atoms with Crippen LogP contribution in [0, 0.1) is 5.41 Å². The number of rotatable bonds is 5. The van der Waals surface area contributed by atoms with E-state index in [0.29, 0.717) is 37.4 Å². The van der Waals surface area contributed by atoms with Gasteiger partial charge in [-0.25, -0.2) is 4.79 Å². The molecule has 2 bridgehead atoms. The van der Waals surface area contributed by atoms with E-state index in [1.165, 1.54) is 4.90 Å². The largest absolute Gasteiger partial charge is 0.418 e. The van der Waals surface area contributed by atoms with Crippen LogP contribution in [-0.4, -0.2) is 53.3 Å². The fraction of sp³-hybridized carbons (Fsp3) is 0.692. The van der Waals surface area contributed by atoms with Crippen LogP contribution in [0.15, 0.2) is 10.6 Å². The Kier molecular flexibility index (Phi) is 3.39. The number of hydrogen-bond donors (Lipinski definition) is 2. The normalized spacial score (nSPS) is 28.0. The quantitative estimate of drug-likeness (QED) is 0.714. The molecule has 0 aromatic carbocycles. The molecule has 2 aliphatic heterocycles. The summed E-state index contributed by atoms with van der Waals surface area (Å²) in [5.74, 6) is 0.650. The Hall–Kier alpha value is -1.69. The molecular formula is C13H18N4O6S. The molecule has 0 radical (unpaired) electrons. The third kappa shape index (κ3) is 2.48. The van der Waals surface area contributed by atoms with Crippen molar-refractivity contribution in [3.63, 3.8) is 0 Å². The summed E-state index contributed by atoms with van der Waals surface area (Å²) in [6.07, 6.45) is 2.95. The van der Waals surface area contributed by atoms with Crippen molar-refractivity contribution < 1.29 is 26.6 Å². The number of amides is 2. The molecule has 11 heteroatoms. The van der Waals surface area contributed by atoms with E-state index in [1.807, 2.05) is 0 Å². The molecule has 132 valence electrons. The maximum Gasteiger partial charge on any atom is 0.418 e. The minimum Gasteiger partial charge on any atom is -0.361 e. The van der Waals surface area contributed by atoms with Crippen LogP contribution in [0.2, 0.25) is 0 Å². The first-order valence-corrected chi connectivity index (χ1v) is 9.12. The van der Waals surface area contributed by atoms with Gasteiger partial charge in [0, 0.05) is 19.0 Å². The summed E-state index contributed by atoms with van der Waals surface area (Å²) in [5, 5.41) is 4.85. The van der Waals surface area contributed by atoms with Gasteiger partial charge < -0.3 is 15.2 Å². The summed E-state index contributed by atoms with van der Waals surface area (Å²) in [5.41, 5.74) is 5.93. The van der Waals surface area contributed by atoms with Gasteiger partial charge in [0.15, 0.2) is 0 Å². The van der Waals surface area contributed by atoms with Crippen LogP contribution >= 0.6 is 0 Å². The van der Waals surface area contributed by atoms with Crippen LogP contribution in [0.5, 0.6) is 0 Å². The molecule has 10 nitrogen and oxygen atoms in total. The second kappa shape index (κ2) is 5.15. The molecule has 3 aliphatic rings. The van der Waals surface area contributed by atoms with Gasteiger partial charge in [-0.2, -0.15) is 13.5 Å². The molecule has 24 heavy (non-hydrogen) atoms. The first-order chi connectivity index (χ1) is 11.3. The SMILES string of the molecule is NCCc1cc([C@@H]2CC3(CC3)[C@@H]3CN2C(=O)N3OS(=O)(=O)O)no1. The van der Waals surface area contributed by atoms with Crippen molar-refractivity contribution in [3.05, 3.63) is 17.5 Å². The zero-order valence-electron chi connectivity index (χ0n) is 12.8. The number of aromatic nitrogens is 1. The first kappa shape index (κ1) is 15.8. The molecule has 4 rings (SSSR count). The predicted octanol–water partition coefficient (Wildman–Crippen LogP) is 0.241. The van der Waals surface area contributed by atoms with Crippen molar-refractivity contribution in [2.45, 2.75) is 37.8 Å². The molecule has 2 amide bonds. The minimum absolute atomic E-state index is 0.203. The van der Waals surface area contributed by atoms with E-state index in [0.717, 1.165) is 17.9 Å². The Morgan fingerprint density at radius 3 is 2.88 bits per heavy atom. The Labute approximate surface area is 138 Å². The van der Waals surface area contributed by atoms with Crippen molar-refractivity contribution in [2.75, 3.05) is 13.1 Å². The predicted molar refractivity (Wildman–Crippen MR) is 78.6 cm³/mol. The molecule has 2 saturated heterocycles. The standard InChI is InChI=1S/C13H18N4O6S/c14-4-1-8-5-9(15-22-8)10-6-13(2-3-13)11-7-16(10)12(18)17(11)23-24(19,20)21/h5,10-11H,1-4,6-7,14H2,(H,19,20,21)/t10-,11-/m0/s1. The van der Waals surface area contributed by atoms with E-state index in [9.17, 15) is 13.2 Å². The van der Waals surface area contributed by atoms with Crippen LogP contribution < -0.4 is 5.73 Å². The number of hydrogen-bond acceptors (Lipinski definition) is 7. The molecule has 1 spiro atoms. The Balaban J connectivity index is 1.64. The molecule has 2 atom stereocenters. The number of fused-ring (bicyclic) bond motifs is 3. The van der Waals surface area contributed by atoms with Gasteiger partial charge in [-0.05, 0) is 31.2 Å². The number of carbonyl (C=O) groups excluding carboxylic acids is 1. The summed E-state index contributed by atoms with van der Waals surface area (Å²) < 4.78 is 40.9. The lowest BCUT2D eigenvalue weighted by atomic mass is 9.84. The molecule has 3 heterocycles. The van der Waals surface area contributed by atoms with Crippen LogP contribution in [-0.2, 0) is 21.1 Å². The highest BCUT2D eigenvalue weighted by molar-refractivity contribution is 7.80. The molecule has 3 N–H and O–H groups in total. The van der Waals surface area contributed by atoms with Crippen molar-refractivity contribution in [3.8, 4) is 0 Å². The number of nitrogens with zero attached hydrogens (tertiary/aromatic N) is 3. The first-order valence-electron chi connectivity index (χ1n) is 7.75. The van der Waals surface area contributed by atoms with E-state index in [2.05, 4.69) is 9.44 Å². The van der Waals surface area contributed by atoms with E-state index >= 15 is 0 Å². The maximum absolute atomic E-state index is 12.6. The van der Waals surface area contributed by atoms with Crippen LogP contribution in [0.25, 0.3) is 0 Å². The number of urea groups is 1. The Bertz CT molecular complexity index is 773. The molecule has 1 aromatic heterocycles. The lowest BCUT2D eigenvalue weighted by molar-refractivity contribution is -0.0527. The smallest absolute Gasteiger partial charge is 0.361 e. The topological polar surface area (TPSA) is 139 Å². The molecule has 1 aliphatic carbocycles. The fourth-order valence-corrected chi connectivity index (χ4v) is 4.20. The van der Waals surface area contributed by atoms with Crippen molar-refractivity contribution >= 4 is 16.4 Å². The summed E-state index contributed by atoms with van der Waals surface area (Å²) in [6, 6.07) is 0.503. The second-order valence-corrected chi connectivity index (χ2v) is 7.62. The molecular weight excluding hydrogens is 340 g/mol. The van der Waals surface area contributed by atoms with Gasteiger partial charge in [0.05, 0.1) is 12.1 Å². The average molecular weight is 358 g/mol. The molecule has 1 saturated carbocycles. The van der Waals surface area contributed by atoms with Gasteiger partial charge in [0.25, 0.3) is 0 Å². The van der Waals surface area contributed by atoms with E-state index in [1.54, 1.807) is 6.07 Å². The molecule has 1 aromatic rings. The maximum atomic E-state index is 12.6. The lowest BCUT2D eigenvalue weighted by Gasteiger charge is -2.35. The zero-order chi connectivity index (χ0) is 17.1. The van der Waals surface area contributed by atoms with Gasteiger partial charge in [0.1, 0.15) is 11.5 Å². The van der Waals surface area contributed by atoms with E-state index in [-0.39, 0.29) is 11.5 Å². The number of nitrogens with two attached hydrogens (primary N) is 1. The fourth-order valence-electron chi connectivity index (χ4n) is 3.83. The van der Waals surface area contributed by atoms with Crippen molar-refractivity contribution in [1.82, 2.24) is 15.1 Å².